The number of rotatable bonds is 3. The molecule has 2 rings (SSSR count). The molecule has 0 amide bonds. The first-order valence-electron chi connectivity index (χ1n) is 4.94. The summed E-state index contributed by atoms with van der Waals surface area (Å²) in [6.45, 7) is 0.713. The highest BCUT2D eigenvalue weighted by Crippen LogP contribution is 2.23. The van der Waals surface area contributed by atoms with Crippen molar-refractivity contribution in [1.82, 2.24) is 4.98 Å². The molecule has 88 valence electrons. The minimum atomic E-state index is 0.713. The largest absolute Gasteiger partial charge is 0.365 e. The summed E-state index contributed by atoms with van der Waals surface area (Å²) in [5.74, 6) is 0.822. The normalized spacial score (nSPS) is 10.3. The number of anilines is 1. The van der Waals surface area contributed by atoms with Crippen molar-refractivity contribution in [2.45, 2.75) is 6.54 Å². The molecule has 0 bridgehead atoms. The molecule has 0 aliphatic carbocycles. The molecule has 0 aliphatic rings. The van der Waals surface area contributed by atoms with Crippen molar-refractivity contribution < 1.29 is 0 Å². The van der Waals surface area contributed by atoms with E-state index in [0.717, 1.165) is 25.3 Å². The van der Waals surface area contributed by atoms with Gasteiger partial charge in [-0.15, -0.1) is 0 Å². The Morgan fingerprint density at radius 2 is 1.88 bits per heavy atom. The number of hydrogen-bond acceptors (Lipinski definition) is 2. The highest BCUT2D eigenvalue weighted by Gasteiger charge is 2.01. The highest BCUT2D eigenvalue weighted by atomic mass is 79.9. The van der Waals surface area contributed by atoms with Gasteiger partial charge in [0.15, 0.2) is 0 Å². The second-order valence-corrected chi connectivity index (χ2v) is 5.67. The van der Waals surface area contributed by atoms with Gasteiger partial charge in [0.25, 0.3) is 0 Å². The van der Waals surface area contributed by atoms with Gasteiger partial charge in [0.2, 0.25) is 0 Å². The molecule has 0 unspecified atom stereocenters. The first-order chi connectivity index (χ1) is 8.15. The monoisotopic (exact) mass is 374 g/mol. The lowest BCUT2D eigenvalue weighted by molar-refractivity contribution is 1.10. The SMILES string of the molecule is Clc1ccc(CNc2ncc(Br)cc2Br)cc1. The van der Waals surface area contributed by atoms with Crippen LogP contribution in [0.1, 0.15) is 5.56 Å². The lowest BCUT2D eigenvalue weighted by Crippen LogP contribution is -2.01. The van der Waals surface area contributed by atoms with Crippen LogP contribution in [0.2, 0.25) is 5.02 Å². The average Bonchev–Trinajstić information content (AvgIpc) is 2.30. The number of hydrogen-bond donors (Lipinski definition) is 1. The Hall–Kier alpha value is -0.580. The van der Waals surface area contributed by atoms with E-state index in [-0.39, 0.29) is 0 Å². The van der Waals surface area contributed by atoms with E-state index in [1.165, 1.54) is 0 Å². The van der Waals surface area contributed by atoms with Gasteiger partial charge in [-0.2, -0.15) is 0 Å². The molecule has 1 aromatic heterocycles. The maximum absolute atomic E-state index is 5.83. The summed E-state index contributed by atoms with van der Waals surface area (Å²) in [5.41, 5.74) is 1.16. The lowest BCUT2D eigenvalue weighted by atomic mass is 10.2. The van der Waals surface area contributed by atoms with Crippen LogP contribution in [0, 0.1) is 0 Å². The summed E-state index contributed by atoms with van der Waals surface area (Å²) >= 11 is 12.6. The van der Waals surface area contributed by atoms with Gasteiger partial charge in [0, 0.05) is 22.2 Å². The molecular weight excluding hydrogens is 367 g/mol. The lowest BCUT2D eigenvalue weighted by Gasteiger charge is -2.07. The van der Waals surface area contributed by atoms with Crippen LogP contribution >= 0.6 is 43.5 Å². The van der Waals surface area contributed by atoms with E-state index in [2.05, 4.69) is 42.2 Å². The quantitative estimate of drug-likeness (QED) is 0.826. The highest BCUT2D eigenvalue weighted by molar-refractivity contribution is 9.11. The first-order valence-corrected chi connectivity index (χ1v) is 6.91. The second-order valence-electron chi connectivity index (χ2n) is 3.46. The van der Waals surface area contributed by atoms with E-state index in [1.54, 1.807) is 6.20 Å². The standard InChI is InChI=1S/C12H9Br2ClN2/c13-9-5-11(14)12(17-7-9)16-6-8-1-3-10(15)4-2-8/h1-5,7H,6H2,(H,16,17). The Balaban J connectivity index is 2.04. The summed E-state index contributed by atoms with van der Waals surface area (Å²) in [7, 11) is 0. The zero-order valence-electron chi connectivity index (χ0n) is 8.75. The summed E-state index contributed by atoms with van der Waals surface area (Å²) in [5, 5.41) is 4.00. The molecule has 0 spiro atoms. The van der Waals surface area contributed by atoms with E-state index in [4.69, 9.17) is 11.6 Å². The number of nitrogens with one attached hydrogen (secondary N) is 1. The molecule has 5 heteroatoms. The van der Waals surface area contributed by atoms with Crippen LogP contribution in [0.15, 0.2) is 45.5 Å². The average molecular weight is 376 g/mol. The fourth-order valence-corrected chi connectivity index (χ4v) is 2.59. The van der Waals surface area contributed by atoms with Gasteiger partial charge in [-0.25, -0.2) is 4.98 Å². The molecule has 2 nitrogen and oxygen atoms in total. The second kappa shape index (κ2) is 5.85. The predicted molar refractivity (Wildman–Crippen MR) is 78.4 cm³/mol. The van der Waals surface area contributed by atoms with E-state index in [0.29, 0.717) is 6.54 Å². The third-order valence-electron chi connectivity index (χ3n) is 2.18. The summed E-state index contributed by atoms with van der Waals surface area (Å²) in [6.07, 6.45) is 1.76. The Labute approximate surface area is 122 Å². The van der Waals surface area contributed by atoms with Crippen molar-refractivity contribution in [1.29, 1.82) is 0 Å². The van der Waals surface area contributed by atoms with E-state index in [1.807, 2.05) is 30.3 Å². The van der Waals surface area contributed by atoms with Gasteiger partial charge in [-0.3, -0.25) is 0 Å². The van der Waals surface area contributed by atoms with Gasteiger partial charge in [-0.05, 0) is 55.6 Å². The predicted octanol–water partition coefficient (Wildman–Crippen LogP) is 4.87. The minimum Gasteiger partial charge on any atom is -0.365 e. The zero-order chi connectivity index (χ0) is 12.3. The van der Waals surface area contributed by atoms with Crippen LogP contribution in [0.25, 0.3) is 0 Å². The van der Waals surface area contributed by atoms with Gasteiger partial charge < -0.3 is 5.32 Å². The Morgan fingerprint density at radius 1 is 1.18 bits per heavy atom. The molecular formula is C12H9Br2ClN2. The van der Waals surface area contributed by atoms with Crippen LogP contribution in [-0.2, 0) is 6.54 Å². The Morgan fingerprint density at radius 3 is 2.53 bits per heavy atom. The smallest absolute Gasteiger partial charge is 0.140 e. The summed E-state index contributed by atoms with van der Waals surface area (Å²) in [4.78, 5) is 4.28. The number of nitrogens with zero attached hydrogens (tertiary/aromatic N) is 1. The van der Waals surface area contributed by atoms with Gasteiger partial charge >= 0.3 is 0 Å². The van der Waals surface area contributed by atoms with Crippen molar-refractivity contribution in [2.24, 2.45) is 0 Å². The minimum absolute atomic E-state index is 0.713. The maximum Gasteiger partial charge on any atom is 0.140 e. The molecule has 0 atom stereocenters. The topological polar surface area (TPSA) is 24.9 Å². The number of halogens is 3. The Kier molecular flexibility index (Phi) is 4.42. The van der Waals surface area contributed by atoms with E-state index < -0.39 is 0 Å². The van der Waals surface area contributed by atoms with Crippen LogP contribution in [0.4, 0.5) is 5.82 Å². The first kappa shape index (κ1) is 12.9. The number of benzene rings is 1. The van der Waals surface area contributed by atoms with Crippen molar-refractivity contribution in [3.8, 4) is 0 Å². The van der Waals surface area contributed by atoms with Crippen LogP contribution in [0.3, 0.4) is 0 Å². The van der Waals surface area contributed by atoms with Crippen LogP contribution in [0.5, 0.6) is 0 Å². The number of aromatic nitrogens is 1. The fourth-order valence-electron chi connectivity index (χ4n) is 1.33. The molecule has 0 saturated carbocycles. The van der Waals surface area contributed by atoms with Crippen molar-refractivity contribution in [2.75, 3.05) is 5.32 Å². The molecule has 1 aromatic carbocycles. The molecule has 0 aliphatic heterocycles. The maximum atomic E-state index is 5.83. The van der Waals surface area contributed by atoms with Crippen LogP contribution < -0.4 is 5.32 Å². The van der Waals surface area contributed by atoms with Crippen molar-refractivity contribution in [3.05, 3.63) is 56.1 Å². The zero-order valence-corrected chi connectivity index (χ0v) is 12.7. The molecule has 0 radical (unpaired) electrons. The molecule has 1 heterocycles. The van der Waals surface area contributed by atoms with Gasteiger partial charge in [0.05, 0.1) is 4.47 Å². The third kappa shape index (κ3) is 3.69. The summed E-state index contributed by atoms with van der Waals surface area (Å²) in [6, 6.07) is 9.69. The Bertz CT molecular complexity index is 514. The molecule has 0 saturated heterocycles. The summed E-state index contributed by atoms with van der Waals surface area (Å²) < 4.78 is 1.88. The van der Waals surface area contributed by atoms with Crippen molar-refractivity contribution in [3.63, 3.8) is 0 Å². The molecule has 0 fully saturated rings. The molecule has 1 N–H and O–H groups in total. The van der Waals surface area contributed by atoms with Crippen molar-refractivity contribution >= 4 is 49.3 Å². The van der Waals surface area contributed by atoms with E-state index in [9.17, 15) is 0 Å². The third-order valence-corrected chi connectivity index (χ3v) is 3.47. The van der Waals surface area contributed by atoms with E-state index >= 15 is 0 Å². The van der Waals surface area contributed by atoms with Gasteiger partial charge in [0.1, 0.15) is 5.82 Å². The fraction of sp³-hybridized carbons (Fsp3) is 0.0833. The van der Waals surface area contributed by atoms with Crippen LogP contribution in [-0.4, -0.2) is 4.98 Å². The molecule has 17 heavy (non-hydrogen) atoms. The molecule has 2 aromatic rings. The number of pyridine rings is 1. The van der Waals surface area contributed by atoms with Gasteiger partial charge in [-0.1, -0.05) is 23.7 Å².